The van der Waals surface area contributed by atoms with Crippen LogP contribution in [0.3, 0.4) is 0 Å². The summed E-state index contributed by atoms with van der Waals surface area (Å²) in [5, 5.41) is 10.2. The maximum atomic E-state index is 10.2. The van der Waals surface area contributed by atoms with Gasteiger partial charge in [0.2, 0.25) is 0 Å². The van der Waals surface area contributed by atoms with E-state index in [1.165, 1.54) is 11.3 Å². The number of rotatable bonds is 3. The van der Waals surface area contributed by atoms with Gasteiger partial charge in [-0.1, -0.05) is 11.6 Å². The van der Waals surface area contributed by atoms with Gasteiger partial charge in [0.1, 0.15) is 21.9 Å². The van der Waals surface area contributed by atoms with Gasteiger partial charge in [0.25, 0.3) is 0 Å². The molecule has 0 bridgehead atoms. The van der Waals surface area contributed by atoms with Gasteiger partial charge in [0, 0.05) is 15.5 Å². The Hall–Kier alpha value is -0.620. The molecular formula is C11H9BrClNO2S. The molecule has 6 heteroatoms. The minimum Gasteiger partial charge on any atom is -0.495 e. The summed E-state index contributed by atoms with van der Waals surface area (Å²) in [7, 11) is 1.55. The van der Waals surface area contributed by atoms with E-state index in [1.54, 1.807) is 31.5 Å². The molecule has 2 heterocycles. The summed E-state index contributed by atoms with van der Waals surface area (Å²) < 4.78 is 6.54. The summed E-state index contributed by atoms with van der Waals surface area (Å²) in [6, 6.07) is 5.30. The Morgan fingerprint density at radius 3 is 2.94 bits per heavy atom. The Bertz CT molecular complexity index is 512. The molecule has 0 aliphatic rings. The fourth-order valence-corrected chi connectivity index (χ4v) is 3.14. The van der Waals surface area contributed by atoms with Crippen molar-refractivity contribution in [2.45, 2.75) is 6.10 Å². The number of hydrogen-bond donors (Lipinski definition) is 1. The summed E-state index contributed by atoms with van der Waals surface area (Å²) in [6.45, 7) is 0. The molecule has 0 fully saturated rings. The SMILES string of the molecule is COc1cccnc1C(O)c1cc(Br)c(Cl)s1. The number of nitrogens with zero attached hydrogens (tertiary/aromatic N) is 1. The second-order valence-corrected chi connectivity index (χ2v) is 5.80. The van der Waals surface area contributed by atoms with Crippen LogP contribution in [0.15, 0.2) is 28.9 Å². The van der Waals surface area contributed by atoms with Crippen molar-refractivity contribution in [1.82, 2.24) is 4.98 Å². The minimum absolute atomic E-state index is 0.486. The van der Waals surface area contributed by atoms with Gasteiger partial charge in [0.05, 0.1) is 7.11 Å². The van der Waals surface area contributed by atoms with E-state index in [9.17, 15) is 5.11 Å². The number of methoxy groups -OCH3 is 1. The molecule has 0 spiro atoms. The molecule has 0 saturated carbocycles. The maximum absolute atomic E-state index is 10.2. The molecule has 0 saturated heterocycles. The number of hydrogen-bond acceptors (Lipinski definition) is 4. The Labute approximate surface area is 116 Å². The Morgan fingerprint density at radius 2 is 2.35 bits per heavy atom. The lowest BCUT2D eigenvalue weighted by Gasteiger charge is -2.11. The lowest BCUT2D eigenvalue weighted by Crippen LogP contribution is -2.03. The topological polar surface area (TPSA) is 42.4 Å². The van der Waals surface area contributed by atoms with Gasteiger partial charge in [0.15, 0.2) is 0 Å². The van der Waals surface area contributed by atoms with Crippen molar-refractivity contribution >= 4 is 38.9 Å². The quantitative estimate of drug-likeness (QED) is 0.931. The van der Waals surface area contributed by atoms with Crippen LogP contribution in [0.25, 0.3) is 0 Å². The van der Waals surface area contributed by atoms with Gasteiger partial charge in [-0.3, -0.25) is 4.98 Å². The third-order valence-electron chi connectivity index (χ3n) is 2.21. The van der Waals surface area contributed by atoms with Crippen LogP contribution < -0.4 is 4.74 Å². The molecule has 1 unspecified atom stereocenters. The van der Waals surface area contributed by atoms with Crippen LogP contribution in [0, 0.1) is 0 Å². The zero-order valence-electron chi connectivity index (χ0n) is 8.85. The van der Waals surface area contributed by atoms with Crippen molar-refractivity contribution in [3.8, 4) is 5.75 Å². The second kappa shape index (κ2) is 5.35. The van der Waals surface area contributed by atoms with E-state index in [2.05, 4.69) is 20.9 Å². The number of ether oxygens (including phenoxy) is 1. The lowest BCUT2D eigenvalue weighted by molar-refractivity contribution is 0.213. The van der Waals surface area contributed by atoms with E-state index >= 15 is 0 Å². The molecule has 0 amide bonds. The Kier molecular flexibility index (Phi) is 4.04. The molecule has 3 nitrogen and oxygen atoms in total. The monoisotopic (exact) mass is 333 g/mol. The van der Waals surface area contributed by atoms with Crippen molar-refractivity contribution in [3.05, 3.63) is 43.8 Å². The molecule has 2 rings (SSSR count). The van der Waals surface area contributed by atoms with E-state index in [0.717, 1.165) is 9.35 Å². The van der Waals surface area contributed by atoms with Crippen molar-refractivity contribution in [2.24, 2.45) is 0 Å². The highest BCUT2D eigenvalue weighted by molar-refractivity contribution is 9.10. The summed E-state index contributed by atoms with van der Waals surface area (Å²) in [6.07, 6.45) is 0.783. The highest BCUT2D eigenvalue weighted by atomic mass is 79.9. The maximum Gasteiger partial charge on any atom is 0.143 e. The van der Waals surface area contributed by atoms with Crippen molar-refractivity contribution < 1.29 is 9.84 Å². The summed E-state index contributed by atoms with van der Waals surface area (Å²) in [4.78, 5) is 4.86. The summed E-state index contributed by atoms with van der Waals surface area (Å²) in [5.74, 6) is 0.556. The van der Waals surface area contributed by atoms with Gasteiger partial charge in [-0.25, -0.2) is 0 Å². The minimum atomic E-state index is -0.833. The van der Waals surface area contributed by atoms with Crippen LogP contribution in [0.5, 0.6) is 5.75 Å². The molecule has 0 aromatic carbocycles. The molecule has 2 aromatic heterocycles. The van der Waals surface area contributed by atoms with E-state index in [0.29, 0.717) is 15.8 Å². The van der Waals surface area contributed by atoms with E-state index in [-0.39, 0.29) is 0 Å². The lowest BCUT2D eigenvalue weighted by atomic mass is 10.2. The number of halogens is 2. The predicted octanol–water partition coefficient (Wildman–Crippen LogP) is 3.65. The molecular weight excluding hydrogens is 326 g/mol. The molecule has 1 N–H and O–H groups in total. The fourth-order valence-electron chi connectivity index (χ4n) is 1.41. The summed E-state index contributed by atoms with van der Waals surface area (Å²) >= 11 is 10.6. The number of pyridine rings is 1. The molecule has 0 aliphatic heterocycles. The first-order valence-electron chi connectivity index (χ1n) is 4.75. The highest BCUT2D eigenvalue weighted by Crippen LogP contribution is 2.38. The van der Waals surface area contributed by atoms with Crippen LogP contribution >= 0.6 is 38.9 Å². The zero-order valence-corrected chi connectivity index (χ0v) is 12.0. The molecule has 90 valence electrons. The van der Waals surface area contributed by atoms with Crippen molar-refractivity contribution in [2.75, 3.05) is 7.11 Å². The third kappa shape index (κ3) is 2.63. The van der Waals surface area contributed by atoms with Crippen LogP contribution in [0.4, 0.5) is 0 Å². The van der Waals surface area contributed by atoms with Gasteiger partial charge in [-0.05, 0) is 34.1 Å². The zero-order chi connectivity index (χ0) is 12.4. The fraction of sp³-hybridized carbons (Fsp3) is 0.182. The first-order chi connectivity index (χ1) is 8.13. The third-order valence-corrected chi connectivity index (χ3v) is 4.74. The molecule has 0 aliphatic carbocycles. The van der Waals surface area contributed by atoms with Crippen molar-refractivity contribution in [1.29, 1.82) is 0 Å². The number of aromatic nitrogens is 1. The van der Waals surface area contributed by atoms with E-state index in [1.807, 2.05) is 0 Å². The first kappa shape index (κ1) is 12.8. The molecule has 1 atom stereocenters. The summed E-state index contributed by atoms with van der Waals surface area (Å²) in [5.41, 5.74) is 0.486. The number of aliphatic hydroxyl groups is 1. The normalized spacial score (nSPS) is 12.5. The van der Waals surface area contributed by atoms with Gasteiger partial charge < -0.3 is 9.84 Å². The Morgan fingerprint density at radius 1 is 1.59 bits per heavy atom. The average molecular weight is 335 g/mol. The Balaban J connectivity index is 2.39. The number of thiophene rings is 1. The first-order valence-corrected chi connectivity index (χ1v) is 6.74. The second-order valence-electron chi connectivity index (χ2n) is 3.26. The van der Waals surface area contributed by atoms with Crippen LogP contribution in [0.2, 0.25) is 4.34 Å². The molecule has 17 heavy (non-hydrogen) atoms. The smallest absolute Gasteiger partial charge is 0.143 e. The van der Waals surface area contributed by atoms with E-state index < -0.39 is 6.10 Å². The van der Waals surface area contributed by atoms with Crippen LogP contribution in [-0.4, -0.2) is 17.2 Å². The van der Waals surface area contributed by atoms with Crippen molar-refractivity contribution in [3.63, 3.8) is 0 Å². The van der Waals surface area contributed by atoms with E-state index in [4.69, 9.17) is 16.3 Å². The predicted molar refractivity (Wildman–Crippen MR) is 71.9 cm³/mol. The molecule has 0 radical (unpaired) electrons. The standard InChI is InChI=1S/C11H9BrClNO2S/c1-16-7-3-2-4-14-9(7)10(15)8-5-6(12)11(13)17-8/h2-5,10,15H,1H3. The highest BCUT2D eigenvalue weighted by Gasteiger charge is 2.19. The van der Waals surface area contributed by atoms with Gasteiger partial charge in [-0.2, -0.15) is 0 Å². The van der Waals surface area contributed by atoms with Gasteiger partial charge in [-0.15, -0.1) is 11.3 Å². The van der Waals surface area contributed by atoms with Gasteiger partial charge >= 0.3 is 0 Å². The number of aliphatic hydroxyl groups excluding tert-OH is 1. The van der Waals surface area contributed by atoms with Crippen LogP contribution in [0.1, 0.15) is 16.7 Å². The molecule has 2 aromatic rings. The van der Waals surface area contributed by atoms with Crippen LogP contribution in [-0.2, 0) is 0 Å². The average Bonchev–Trinajstić information content (AvgIpc) is 2.68. The largest absolute Gasteiger partial charge is 0.495 e.